The molecule has 0 heterocycles. The molecular formula is C20H41Si. The van der Waals surface area contributed by atoms with Gasteiger partial charge in [0.25, 0.3) is 0 Å². The molecule has 0 nitrogen and oxygen atoms in total. The summed E-state index contributed by atoms with van der Waals surface area (Å²) in [5.41, 5.74) is 0. The van der Waals surface area contributed by atoms with Crippen LogP contribution < -0.4 is 0 Å². The number of unbranched alkanes of at least 4 members (excludes halogenated alkanes) is 14. The average molecular weight is 310 g/mol. The zero-order valence-corrected chi connectivity index (χ0v) is 16.1. The van der Waals surface area contributed by atoms with Crippen LogP contribution in [0.2, 0.25) is 19.1 Å². The van der Waals surface area contributed by atoms with Crippen molar-refractivity contribution in [1.29, 1.82) is 0 Å². The van der Waals surface area contributed by atoms with E-state index in [2.05, 4.69) is 19.7 Å². The third-order valence-electron chi connectivity index (χ3n) is 4.34. The van der Waals surface area contributed by atoms with Gasteiger partial charge in [0.2, 0.25) is 0 Å². The first-order valence-corrected chi connectivity index (χ1v) is 12.4. The van der Waals surface area contributed by atoms with Crippen LogP contribution in [0.25, 0.3) is 0 Å². The Labute approximate surface area is 137 Å². The first-order valence-electron chi connectivity index (χ1n) is 9.67. The van der Waals surface area contributed by atoms with Gasteiger partial charge in [-0.05, 0) is 12.8 Å². The fourth-order valence-electron chi connectivity index (χ4n) is 2.89. The Morgan fingerprint density at radius 2 is 0.905 bits per heavy atom. The van der Waals surface area contributed by atoms with Gasteiger partial charge in [0, 0.05) is 8.80 Å². The zero-order valence-electron chi connectivity index (χ0n) is 15.1. The maximum absolute atomic E-state index is 3.77. The number of hydrogen-bond donors (Lipinski definition) is 0. The molecule has 0 aliphatic heterocycles. The Balaban J connectivity index is 2.95. The van der Waals surface area contributed by atoms with Crippen molar-refractivity contribution in [2.45, 2.75) is 115 Å². The number of rotatable bonds is 17. The first kappa shape index (κ1) is 21.0. The lowest BCUT2D eigenvalue weighted by Crippen LogP contribution is -1.97. The molecule has 0 rings (SSSR count). The van der Waals surface area contributed by atoms with E-state index in [0.29, 0.717) is 0 Å². The van der Waals surface area contributed by atoms with Gasteiger partial charge in [0.05, 0.1) is 0 Å². The summed E-state index contributed by atoms with van der Waals surface area (Å²) in [5, 5.41) is 0. The summed E-state index contributed by atoms with van der Waals surface area (Å²) in [6, 6.07) is 1.53. The molecule has 0 saturated heterocycles. The highest BCUT2D eigenvalue weighted by Crippen LogP contribution is 2.14. The second-order valence-electron chi connectivity index (χ2n) is 6.98. The molecule has 0 amide bonds. The van der Waals surface area contributed by atoms with Gasteiger partial charge in [-0.3, -0.25) is 0 Å². The summed E-state index contributed by atoms with van der Waals surface area (Å²) >= 11 is 0. The molecule has 0 fully saturated rings. The molecule has 0 aromatic heterocycles. The highest BCUT2D eigenvalue weighted by molar-refractivity contribution is 6.55. The summed E-state index contributed by atoms with van der Waals surface area (Å²) in [5.74, 6) is 0. The molecule has 1 radical (unpaired) electrons. The van der Waals surface area contributed by atoms with Crippen LogP contribution in [0.5, 0.6) is 0 Å². The van der Waals surface area contributed by atoms with Gasteiger partial charge in [-0.1, -0.05) is 109 Å². The lowest BCUT2D eigenvalue weighted by molar-refractivity contribution is 0.536. The van der Waals surface area contributed by atoms with Crippen molar-refractivity contribution in [2.24, 2.45) is 0 Å². The van der Waals surface area contributed by atoms with E-state index in [4.69, 9.17) is 0 Å². The van der Waals surface area contributed by atoms with Crippen LogP contribution in [0.4, 0.5) is 0 Å². The molecule has 0 N–H and O–H groups in total. The maximum atomic E-state index is 3.77. The highest BCUT2D eigenvalue weighted by Gasteiger charge is 1.96. The maximum Gasteiger partial charge on any atom is 0.0412 e. The Morgan fingerprint density at radius 3 is 1.24 bits per heavy atom. The van der Waals surface area contributed by atoms with Crippen LogP contribution in [-0.4, -0.2) is 8.80 Å². The fraction of sp³-hybridized carbons (Fsp3) is 0.900. The number of hydrogen-bond acceptors (Lipinski definition) is 0. The SMILES string of the molecule is C=CCCCCCCCCCCCCCCCC[Si](C)C. The zero-order chi connectivity index (χ0) is 15.6. The molecule has 0 saturated carbocycles. The Morgan fingerprint density at radius 1 is 0.571 bits per heavy atom. The fourth-order valence-corrected chi connectivity index (χ4v) is 3.85. The molecule has 0 aromatic rings. The minimum absolute atomic E-state index is 0.0424. The van der Waals surface area contributed by atoms with Crippen LogP contribution in [0.1, 0.15) is 96.3 Å². The van der Waals surface area contributed by atoms with Gasteiger partial charge in [-0.25, -0.2) is 0 Å². The van der Waals surface area contributed by atoms with Crippen LogP contribution in [0.15, 0.2) is 12.7 Å². The molecule has 0 unspecified atom stereocenters. The van der Waals surface area contributed by atoms with E-state index in [-0.39, 0.29) is 8.80 Å². The molecule has 0 aliphatic rings. The smallest absolute Gasteiger partial charge is 0.0412 e. The topological polar surface area (TPSA) is 0 Å². The predicted molar refractivity (Wildman–Crippen MR) is 102 cm³/mol. The van der Waals surface area contributed by atoms with E-state index >= 15 is 0 Å². The van der Waals surface area contributed by atoms with Gasteiger partial charge < -0.3 is 0 Å². The quantitative estimate of drug-likeness (QED) is 0.146. The molecular weight excluding hydrogens is 268 g/mol. The monoisotopic (exact) mass is 309 g/mol. The Hall–Kier alpha value is -0.0431. The molecule has 0 spiro atoms. The van der Waals surface area contributed by atoms with Crippen LogP contribution in [-0.2, 0) is 0 Å². The summed E-state index contributed by atoms with van der Waals surface area (Å²) in [4.78, 5) is 0. The minimum Gasteiger partial charge on any atom is -0.103 e. The Kier molecular flexibility index (Phi) is 18.0. The van der Waals surface area contributed by atoms with Gasteiger partial charge in [-0.2, -0.15) is 0 Å². The Bertz CT molecular complexity index is 198. The number of allylic oxidation sites excluding steroid dienone is 1. The van der Waals surface area contributed by atoms with Crippen molar-refractivity contribution < 1.29 is 0 Å². The van der Waals surface area contributed by atoms with Crippen molar-refractivity contribution in [3.05, 3.63) is 12.7 Å². The summed E-state index contributed by atoms with van der Waals surface area (Å²) in [6.45, 7) is 8.65. The van der Waals surface area contributed by atoms with Crippen molar-refractivity contribution in [3.63, 3.8) is 0 Å². The summed E-state index contributed by atoms with van der Waals surface area (Å²) in [7, 11) is 0.0424. The minimum atomic E-state index is 0.0424. The van der Waals surface area contributed by atoms with Crippen molar-refractivity contribution in [2.75, 3.05) is 0 Å². The van der Waals surface area contributed by atoms with E-state index in [1.807, 2.05) is 6.08 Å². The van der Waals surface area contributed by atoms with E-state index < -0.39 is 0 Å². The largest absolute Gasteiger partial charge is 0.103 e. The molecule has 0 bridgehead atoms. The predicted octanol–water partition coefficient (Wildman–Crippen LogP) is 7.78. The normalized spacial score (nSPS) is 11.2. The van der Waals surface area contributed by atoms with Crippen molar-refractivity contribution >= 4 is 8.80 Å². The molecule has 125 valence electrons. The summed E-state index contributed by atoms with van der Waals surface area (Å²) < 4.78 is 0. The lowest BCUT2D eigenvalue weighted by atomic mass is 10.0. The highest BCUT2D eigenvalue weighted by atomic mass is 28.3. The second-order valence-corrected chi connectivity index (χ2v) is 9.90. The van der Waals surface area contributed by atoms with Gasteiger partial charge in [-0.15, -0.1) is 6.58 Å². The van der Waals surface area contributed by atoms with Crippen molar-refractivity contribution in [1.82, 2.24) is 0 Å². The van der Waals surface area contributed by atoms with Crippen LogP contribution >= 0.6 is 0 Å². The molecule has 1 heteroatoms. The van der Waals surface area contributed by atoms with Crippen molar-refractivity contribution in [3.8, 4) is 0 Å². The molecule has 0 aliphatic carbocycles. The van der Waals surface area contributed by atoms with Gasteiger partial charge in [0.1, 0.15) is 0 Å². The third-order valence-corrected chi connectivity index (χ3v) is 5.69. The third kappa shape index (κ3) is 20.0. The first-order chi connectivity index (χ1) is 10.3. The molecule has 0 aromatic carbocycles. The van der Waals surface area contributed by atoms with E-state index in [0.717, 1.165) is 0 Å². The average Bonchev–Trinajstić information content (AvgIpc) is 2.46. The van der Waals surface area contributed by atoms with Crippen LogP contribution in [0, 0.1) is 0 Å². The van der Waals surface area contributed by atoms with E-state index in [9.17, 15) is 0 Å². The lowest BCUT2D eigenvalue weighted by Gasteiger charge is -2.04. The standard InChI is InChI=1S/C20H41Si/c1-4-5-6-7-8-9-10-11-12-13-14-15-16-17-18-19-20-21(2)3/h4H,1,5-20H2,2-3H3. The van der Waals surface area contributed by atoms with Crippen LogP contribution in [0.3, 0.4) is 0 Å². The van der Waals surface area contributed by atoms with E-state index in [1.165, 1.54) is 102 Å². The molecule has 0 atom stereocenters. The second kappa shape index (κ2) is 18.0. The van der Waals surface area contributed by atoms with E-state index in [1.54, 1.807) is 0 Å². The molecule has 21 heavy (non-hydrogen) atoms. The van der Waals surface area contributed by atoms with Gasteiger partial charge >= 0.3 is 0 Å². The summed E-state index contributed by atoms with van der Waals surface area (Å²) in [6.07, 6.45) is 23.7. The van der Waals surface area contributed by atoms with Gasteiger partial charge in [0.15, 0.2) is 0 Å².